The first-order valence-electron chi connectivity index (χ1n) is 11.3. The number of aromatic nitrogens is 4. The molecule has 0 amide bonds. The number of para-hydroxylation sites is 1. The van der Waals surface area contributed by atoms with Gasteiger partial charge in [-0.05, 0) is 37.0 Å². The maximum atomic E-state index is 13.4. The second-order valence-corrected chi connectivity index (χ2v) is 9.56. The maximum Gasteiger partial charge on any atom is 0.261 e. The molecule has 1 aliphatic rings. The smallest absolute Gasteiger partial charge is 0.261 e. The van der Waals surface area contributed by atoms with Crippen LogP contribution in [0.15, 0.2) is 63.3 Å². The Balaban J connectivity index is 1.57. The lowest BCUT2D eigenvalue weighted by Crippen LogP contribution is -2.38. The molecule has 168 valence electrons. The molecule has 0 bridgehead atoms. The van der Waals surface area contributed by atoms with Gasteiger partial charge in [-0.15, -0.1) is 0 Å². The van der Waals surface area contributed by atoms with Gasteiger partial charge in [0.2, 0.25) is 0 Å². The van der Waals surface area contributed by atoms with Gasteiger partial charge < -0.3 is 4.98 Å². The van der Waals surface area contributed by atoms with Gasteiger partial charge >= 0.3 is 0 Å². The van der Waals surface area contributed by atoms with Crippen molar-refractivity contribution >= 4 is 22.7 Å². The first-order valence-corrected chi connectivity index (χ1v) is 12.3. The summed E-state index contributed by atoms with van der Waals surface area (Å²) in [7, 11) is 1.72. The number of hydrogen-bond acceptors (Lipinski definition) is 5. The highest BCUT2D eigenvalue weighted by Crippen LogP contribution is 2.44. The summed E-state index contributed by atoms with van der Waals surface area (Å²) in [6.07, 6.45) is 2.62. The fourth-order valence-corrected chi connectivity index (χ4v) is 5.79. The Kier molecular flexibility index (Phi) is 5.44. The summed E-state index contributed by atoms with van der Waals surface area (Å²) in [5.41, 5.74) is 4.19. The van der Waals surface area contributed by atoms with E-state index >= 15 is 0 Å². The second-order valence-electron chi connectivity index (χ2n) is 8.62. The molecule has 0 spiro atoms. The zero-order valence-corrected chi connectivity index (χ0v) is 19.8. The fourth-order valence-electron chi connectivity index (χ4n) is 4.95. The summed E-state index contributed by atoms with van der Waals surface area (Å²) in [5, 5.41) is 1.19. The summed E-state index contributed by atoms with van der Waals surface area (Å²) in [5.74, 6) is 0.998. The average molecular weight is 459 g/mol. The third-order valence-corrected chi connectivity index (χ3v) is 7.97. The Bertz CT molecular complexity index is 1480. The maximum absolute atomic E-state index is 13.4. The molecular weight excluding hydrogens is 432 g/mol. The molecule has 33 heavy (non-hydrogen) atoms. The Labute approximate surface area is 196 Å². The van der Waals surface area contributed by atoms with E-state index in [0.29, 0.717) is 27.6 Å². The van der Waals surface area contributed by atoms with Crippen LogP contribution >= 0.6 is 11.8 Å². The summed E-state index contributed by atoms with van der Waals surface area (Å²) in [6, 6.07) is 15.6. The highest BCUT2D eigenvalue weighted by atomic mass is 32.2. The van der Waals surface area contributed by atoms with Gasteiger partial charge in [0.1, 0.15) is 5.82 Å². The van der Waals surface area contributed by atoms with Crippen molar-refractivity contribution in [1.82, 2.24) is 19.5 Å². The normalized spacial score (nSPS) is 14.2. The van der Waals surface area contributed by atoms with Crippen molar-refractivity contribution in [3.63, 3.8) is 0 Å². The van der Waals surface area contributed by atoms with Crippen LogP contribution in [-0.2, 0) is 24.6 Å². The molecule has 0 atom stereocenters. The van der Waals surface area contributed by atoms with Gasteiger partial charge in [-0.1, -0.05) is 62.0 Å². The van der Waals surface area contributed by atoms with Crippen molar-refractivity contribution in [2.75, 3.05) is 0 Å². The number of benzene rings is 2. The van der Waals surface area contributed by atoms with Gasteiger partial charge in [0.05, 0.1) is 27.9 Å². The number of aromatic amines is 1. The van der Waals surface area contributed by atoms with E-state index in [1.807, 2.05) is 24.3 Å². The molecule has 0 unspecified atom stereocenters. The number of nitrogens with zero attached hydrogens (tertiary/aromatic N) is 3. The molecule has 0 saturated carbocycles. The number of rotatable bonds is 5. The van der Waals surface area contributed by atoms with E-state index in [4.69, 9.17) is 4.98 Å². The van der Waals surface area contributed by atoms with E-state index in [-0.39, 0.29) is 16.5 Å². The highest BCUT2D eigenvalue weighted by molar-refractivity contribution is 7.98. The minimum absolute atomic E-state index is 0.0610. The van der Waals surface area contributed by atoms with E-state index in [1.54, 1.807) is 17.7 Å². The lowest BCUT2D eigenvalue weighted by molar-refractivity contribution is 0.383. The van der Waals surface area contributed by atoms with Crippen molar-refractivity contribution in [2.24, 2.45) is 7.05 Å². The van der Waals surface area contributed by atoms with Gasteiger partial charge in [-0.3, -0.25) is 14.2 Å². The molecule has 2 heterocycles. The summed E-state index contributed by atoms with van der Waals surface area (Å²) >= 11 is 1.40. The quantitative estimate of drug-likeness (QED) is 0.349. The summed E-state index contributed by atoms with van der Waals surface area (Å²) in [6.45, 7) is 4.30. The minimum Gasteiger partial charge on any atom is -0.310 e. The first kappa shape index (κ1) is 21.6. The van der Waals surface area contributed by atoms with E-state index in [2.05, 4.69) is 42.0 Å². The summed E-state index contributed by atoms with van der Waals surface area (Å²) in [4.78, 5) is 38.7. The standard InChI is InChI=1S/C26H26N4O2S/c1-4-26(5-2)14-16-10-6-7-11-17(16)22-21(26)23(31)29-20(28-22)15-33-25-27-19-13-9-8-12-18(19)24(32)30(25)3/h6-13H,4-5,14-15H2,1-3H3,(H,28,29,31). The van der Waals surface area contributed by atoms with E-state index in [0.717, 1.165) is 36.1 Å². The van der Waals surface area contributed by atoms with Gasteiger partial charge in [-0.25, -0.2) is 9.97 Å². The van der Waals surface area contributed by atoms with Crippen LogP contribution in [0.25, 0.3) is 22.2 Å². The Morgan fingerprint density at radius 2 is 1.76 bits per heavy atom. The van der Waals surface area contributed by atoms with Crippen molar-refractivity contribution in [3.05, 3.63) is 86.2 Å². The molecule has 6 nitrogen and oxygen atoms in total. The predicted molar refractivity (Wildman–Crippen MR) is 133 cm³/mol. The number of nitrogens with one attached hydrogen (secondary N) is 1. The van der Waals surface area contributed by atoms with Crippen LogP contribution in [0, 0.1) is 0 Å². The Hall–Kier alpha value is -3.19. The fraction of sp³-hybridized carbons (Fsp3) is 0.308. The van der Waals surface area contributed by atoms with Crippen LogP contribution in [0.1, 0.15) is 43.6 Å². The van der Waals surface area contributed by atoms with Crippen molar-refractivity contribution < 1.29 is 0 Å². The lowest BCUT2D eigenvalue weighted by Gasteiger charge is -2.37. The predicted octanol–water partition coefficient (Wildman–Crippen LogP) is 4.59. The lowest BCUT2D eigenvalue weighted by atomic mass is 9.66. The zero-order valence-electron chi connectivity index (χ0n) is 19.0. The number of H-pyrrole nitrogens is 1. The third kappa shape index (κ3) is 3.51. The van der Waals surface area contributed by atoms with Crippen LogP contribution in [-0.4, -0.2) is 19.5 Å². The Morgan fingerprint density at radius 1 is 1.03 bits per heavy atom. The van der Waals surface area contributed by atoms with Gasteiger partial charge in [0.25, 0.3) is 11.1 Å². The molecule has 0 aliphatic heterocycles. The van der Waals surface area contributed by atoms with E-state index < -0.39 is 0 Å². The molecule has 2 aromatic heterocycles. The number of thioether (sulfide) groups is 1. The molecule has 1 aliphatic carbocycles. The second kappa shape index (κ2) is 8.30. The van der Waals surface area contributed by atoms with E-state index in [1.165, 1.54) is 17.3 Å². The van der Waals surface area contributed by atoms with Gasteiger partial charge in [-0.2, -0.15) is 0 Å². The van der Waals surface area contributed by atoms with Crippen LogP contribution in [0.4, 0.5) is 0 Å². The Morgan fingerprint density at radius 3 is 2.55 bits per heavy atom. The molecule has 0 saturated heterocycles. The largest absolute Gasteiger partial charge is 0.310 e. The molecule has 4 aromatic rings. The number of hydrogen-bond donors (Lipinski definition) is 1. The topological polar surface area (TPSA) is 80.6 Å². The molecule has 0 radical (unpaired) electrons. The average Bonchev–Trinajstić information content (AvgIpc) is 2.84. The third-order valence-electron chi connectivity index (χ3n) is 6.93. The van der Waals surface area contributed by atoms with Crippen molar-refractivity contribution in [3.8, 4) is 11.3 Å². The van der Waals surface area contributed by atoms with Crippen LogP contribution < -0.4 is 11.1 Å². The minimum atomic E-state index is -0.209. The van der Waals surface area contributed by atoms with Crippen molar-refractivity contribution in [2.45, 2.75) is 49.4 Å². The van der Waals surface area contributed by atoms with E-state index in [9.17, 15) is 9.59 Å². The van der Waals surface area contributed by atoms with Crippen LogP contribution in [0.3, 0.4) is 0 Å². The highest BCUT2D eigenvalue weighted by Gasteiger charge is 2.39. The zero-order chi connectivity index (χ0) is 23.2. The molecule has 7 heteroatoms. The van der Waals surface area contributed by atoms with Gasteiger partial charge in [0.15, 0.2) is 5.16 Å². The molecule has 1 N–H and O–H groups in total. The van der Waals surface area contributed by atoms with Crippen LogP contribution in [0.5, 0.6) is 0 Å². The summed E-state index contributed by atoms with van der Waals surface area (Å²) < 4.78 is 1.55. The molecular formula is C26H26N4O2S. The SMILES string of the molecule is CCC1(CC)Cc2ccccc2-c2nc(CSc3nc4ccccc4c(=O)n3C)[nH]c(=O)c21. The molecule has 0 fully saturated rings. The molecule has 5 rings (SSSR count). The first-order chi connectivity index (χ1) is 16.0. The monoisotopic (exact) mass is 458 g/mol. The van der Waals surface area contributed by atoms with Gasteiger partial charge in [0, 0.05) is 18.0 Å². The van der Waals surface area contributed by atoms with Crippen LogP contribution in [0.2, 0.25) is 0 Å². The molecule has 2 aromatic carbocycles. The van der Waals surface area contributed by atoms with Crippen molar-refractivity contribution in [1.29, 1.82) is 0 Å². The number of fused-ring (bicyclic) bond motifs is 4.